The summed E-state index contributed by atoms with van der Waals surface area (Å²) in [4.78, 5) is 26.1. The highest BCUT2D eigenvalue weighted by Crippen LogP contribution is 2.36. The molecule has 1 spiro atoms. The number of aliphatic hydroxyl groups is 1. The molecule has 1 unspecified atom stereocenters. The van der Waals surface area contributed by atoms with Crippen LogP contribution in [0.2, 0.25) is 0 Å². The van der Waals surface area contributed by atoms with Crippen molar-refractivity contribution in [1.29, 1.82) is 0 Å². The molecule has 1 aromatic rings. The van der Waals surface area contributed by atoms with Crippen LogP contribution in [-0.4, -0.2) is 46.7 Å². The largest absolute Gasteiger partial charge is 0.389 e. The number of ether oxygens (including phenoxy) is 1. The number of hydrogen-bond acceptors (Lipinski definition) is 4. The molecule has 1 atom stereocenters. The predicted molar refractivity (Wildman–Crippen MR) is 92.7 cm³/mol. The second-order valence-electron chi connectivity index (χ2n) is 7.27. The number of rotatable bonds is 6. The molecule has 25 heavy (non-hydrogen) atoms. The molecule has 1 aliphatic carbocycles. The van der Waals surface area contributed by atoms with Gasteiger partial charge in [-0.05, 0) is 37.2 Å². The Kier molecular flexibility index (Phi) is 5.39. The summed E-state index contributed by atoms with van der Waals surface area (Å²) in [6.45, 7) is 2.60. The summed E-state index contributed by atoms with van der Waals surface area (Å²) in [5.74, 6) is 0.382. The summed E-state index contributed by atoms with van der Waals surface area (Å²) in [7, 11) is 0. The van der Waals surface area contributed by atoms with Crippen LogP contribution in [0, 0.1) is 5.92 Å². The lowest BCUT2D eigenvalue weighted by molar-refractivity contribution is -0.134. The van der Waals surface area contributed by atoms with Crippen LogP contribution in [0.15, 0.2) is 30.3 Å². The first-order valence-corrected chi connectivity index (χ1v) is 8.94. The molecular formula is C19H26N2O4. The van der Waals surface area contributed by atoms with Gasteiger partial charge >= 0.3 is 6.03 Å². The Labute approximate surface area is 148 Å². The Morgan fingerprint density at radius 3 is 2.64 bits per heavy atom. The SMILES string of the molecule is CC1CCC2(CC1)NC(=O)N(CC(O)COCc1ccccc1)C2=O. The van der Waals surface area contributed by atoms with Crippen molar-refractivity contribution >= 4 is 11.9 Å². The summed E-state index contributed by atoms with van der Waals surface area (Å²) >= 11 is 0. The summed E-state index contributed by atoms with van der Waals surface area (Å²) in [5.41, 5.74) is 0.258. The molecule has 1 aromatic carbocycles. The lowest BCUT2D eigenvalue weighted by Crippen LogP contribution is -2.49. The van der Waals surface area contributed by atoms with E-state index in [-0.39, 0.29) is 19.1 Å². The van der Waals surface area contributed by atoms with Gasteiger partial charge in [0.25, 0.3) is 5.91 Å². The average Bonchev–Trinajstić information content (AvgIpc) is 2.83. The number of hydrogen-bond donors (Lipinski definition) is 2. The third-order valence-corrected chi connectivity index (χ3v) is 5.19. The highest BCUT2D eigenvalue weighted by atomic mass is 16.5. The first-order valence-electron chi connectivity index (χ1n) is 8.94. The van der Waals surface area contributed by atoms with Gasteiger partial charge in [-0.2, -0.15) is 0 Å². The number of imide groups is 1. The van der Waals surface area contributed by atoms with E-state index in [1.807, 2.05) is 30.3 Å². The first kappa shape index (κ1) is 17.9. The van der Waals surface area contributed by atoms with Gasteiger partial charge in [0.05, 0.1) is 25.9 Å². The van der Waals surface area contributed by atoms with Crippen LogP contribution in [0.3, 0.4) is 0 Å². The van der Waals surface area contributed by atoms with E-state index in [0.717, 1.165) is 23.3 Å². The highest BCUT2D eigenvalue weighted by Gasteiger charge is 2.52. The van der Waals surface area contributed by atoms with Crippen molar-refractivity contribution in [2.45, 2.75) is 50.9 Å². The van der Waals surface area contributed by atoms with E-state index in [9.17, 15) is 14.7 Å². The number of nitrogens with zero attached hydrogens (tertiary/aromatic N) is 1. The molecule has 3 amide bonds. The van der Waals surface area contributed by atoms with Crippen LogP contribution in [-0.2, 0) is 16.1 Å². The maximum absolute atomic E-state index is 12.7. The number of benzene rings is 1. The molecule has 1 saturated heterocycles. The monoisotopic (exact) mass is 346 g/mol. The lowest BCUT2D eigenvalue weighted by Gasteiger charge is -2.33. The van der Waals surface area contributed by atoms with E-state index in [0.29, 0.717) is 25.4 Å². The fourth-order valence-electron chi connectivity index (χ4n) is 3.59. The van der Waals surface area contributed by atoms with Crippen LogP contribution in [0.25, 0.3) is 0 Å². The van der Waals surface area contributed by atoms with Gasteiger partial charge in [0.1, 0.15) is 5.54 Å². The quantitative estimate of drug-likeness (QED) is 0.773. The Morgan fingerprint density at radius 1 is 1.28 bits per heavy atom. The van der Waals surface area contributed by atoms with Crippen LogP contribution < -0.4 is 5.32 Å². The molecule has 1 saturated carbocycles. The number of carbonyl (C=O) groups excluding carboxylic acids is 2. The fourth-order valence-corrected chi connectivity index (χ4v) is 3.59. The molecule has 1 aliphatic heterocycles. The highest BCUT2D eigenvalue weighted by molar-refractivity contribution is 6.07. The average molecular weight is 346 g/mol. The molecule has 3 rings (SSSR count). The standard InChI is InChI=1S/C19H26N2O4/c1-14-7-9-19(10-8-14)17(23)21(18(24)20-19)11-16(22)13-25-12-15-5-3-2-4-6-15/h2-6,14,16,22H,7-13H2,1H3,(H,20,24). The molecule has 6 heteroatoms. The van der Waals surface area contributed by atoms with Gasteiger partial charge in [-0.25, -0.2) is 4.79 Å². The van der Waals surface area contributed by atoms with Crippen molar-refractivity contribution in [3.63, 3.8) is 0 Å². The minimum absolute atomic E-state index is 0.0310. The third-order valence-electron chi connectivity index (χ3n) is 5.19. The van der Waals surface area contributed by atoms with E-state index in [2.05, 4.69) is 12.2 Å². The Balaban J connectivity index is 1.50. The van der Waals surface area contributed by atoms with Crippen molar-refractivity contribution in [2.75, 3.05) is 13.2 Å². The number of aliphatic hydroxyl groups excluding tert-OH is 1. The van der Waals surface area contributed by atoms with Crippen molar-refractivity contribution in [3.8, 4) is 0 Å². The summed E-state index contributed by atoms with van der Waals surface area (Å²) in [6, 6.07) is 9.26. The number of nitrogens with one attached hydrogen (secondary N) is 1. The number of carbonyl (C=O) groups is 2. The van der Waals surface area contributed by atoms with E-state index >= 15 is 0 Å². The van der Waals surface area contributed by atoms with Gasteiger partial charge in [-0.1, -0.05) is 37.3 Å². The molecule has 2 N–H and O–H groups in total. The maximum Gasteiger partial charge on any atom is 0.325 e. The smallest absolute Gasteiger partial charge is 0.325 e. The van der Waals surface area contributed by atoms with Crippen molar-refractivity contribution < 1.29 is 19.4 Å². The molecule has 0 bridgehead atoms. The minimum Gasteiger partial charge on any atom is -0.389 e. The molecule has 2 fully saturated rings. The van der Waals surface area contributed by atoms with Crippen molar-refractivity contribution in [2.24, 2.45) is 5.92 Å². The Bertz CT molecular complexity index is 611. The minimum atomic E-state index is -0.893. The molecule has 136 valence electrons. The van der Waals surface area contributed by atoms with Gasteiger partial charge in [0.15, 0.2) is 0 Å². The zero-order valence-corrected chi connectivity index (χ0v) is 14.6. The van der Waals surface area contributed by atoms with Crippen molar-refractivity contribution in [3.05, 3.63) is 35.9 Å². The Hall–Kier alpha value is -1.92. The van der Waals surface area contributed by atoms with Gasteiger partial charge < -0.3 is 15.2 Å². The van der Waals surface area contributed by atoms with E-state index in [1.54, 1.807) is 0 Å². The van der Waals surface area contributed by atoms with Crippen LogP contribution in [0.1, 0.15) is 38.2 Å². The molecule has 6 nitrogen and oxygen atoms in total. The van der Waals surface area contributed by atoms with Gasteiger partial charge in [0, 0.05) is 0 Å². The third kappa shape index (κ3) is 4.02. The molecule has 0 aromatic heterocycles. The molecule has 0 radical (unpaired) electrons. The van der Waals surface area contributed by atoms with E-state index in [1.165, 1.54) is 0 Å². The molecule has 2 aliphatic rings. The number of amides is 3. The summed E-state index contributed by atoms with van der Waals surface area (Å²) in [6.07, 6.45) is 2.33. The zero-order chi connectivity index (χ0) is 17.9. The van der Waals surface area contributed by atoms with Gasteiger partial charge in [-0.3, -0.25) is 9.69 Å². The second-order valence-corrected chi connectivity index (χ2v) is 7.27. The summed E-state index contributed by atoms with van der Waals surface area (Å²) < 4.78 is 5.49. The van der Waals surface area contributed by atoms with Crippen molar-refractivity contribution in [1.82, 2.24) is 10.2 Å². The Morgan fingerprint density at radius 2 is 1.96 bits per heavy atom. The predicted octanol–water partition coefficient (Wildman–Crippen LogP) is 2.06. The molecule has 1 heterocycles. The van der Waals surface area contributed by atoms with Gasteiger partial charge in [-0.15, -0.1) is 0 Å². The van der Waals surface area contributed by atoms with E-state index in [4.69, 9.17) is 4.74 Å². The maximum atomic E-state index is 12.7. The summed E-state index contributed by atoms with van der Waals surface area (Å²) in [5, 5.41) is 13.0. The molecular weight excluding hydrogens is 320 g/mol. The number of β-amino-alcohol motifs (C(OH)–C–C–N with tert-alkyl or cyclic N) is 1. The first-order chi connectivity index (χ1) is 12.0. The van der Waals surface area contributed by atoms with E-state index < -0.39 is 17.7 Å². The van der Waals surface area contributed by atoms with Crippen LogP contribution in [0.4, 0.5) is 4.79 Å². The number of urea groups is 1. The van der Waals surface area contributed by atoms with Gasteiger partial charge in [0.2, 0.25) is 0 Å². The topological polar surface area (TPSA) is 78.9 Å². The normalized spacial score (nSPS) is 27.6. The fraction of sp³-hybridized carbons (Fsp3) is 0.579. The van der Waals surface area contributed by atoms with Crippen LogP contribution >= 0.6 is 0 Å². The van der Waals surface area contributed by atoms with Crippen LogP contribution in [0.5, 0.6) is 0 Å². The lowest BCUT2D eigenvalue weighted by atomic mass is 9.77. The second kappa shape index (κ2) is 7.54. The zero-order valence-electron chi connectivity index (χ0n) is 14.6.